The molecule has 1 atom stereocenters. The van der Waals surface area contributed by atoms with Gasteiger partial charge in [-0.1, -0.05) is 17.8 Å². The van der Waals surface area contributed by atoms with Crippen molar-refractivity contribution in [1.82, 2.24) is 20.1 Å². The van der Waals surface area contributed by atoms with E-state index in [1.807, 2.05) is 0 Å². The average molecular weight is 501 g/mol. The number of hydrogen-bond donors (Lipinski definition) is 3. The van der Waals surface area contributed by atoms with Gasteiger partial charge in [0, 0.05) is 29.9 Å². The van der Waals surface area contributed by atoms with Crippen LogP contribution in [0.5, 0.6) is 5.75 Å². The van der Waals surface area contributed by atoms with Gasteiger partial charge in [-0.05, 0) is 37.3 Å². The minimum absolute atomic E-state index is 0.0321. The number of benzene rings is 2. The Morgan fingerprint density at radius 1 is 1.23 bits per heavy atom. The fourth-order valence-electron chi connectivity index (χ4n) is 3.14. The number of anilines is 1. The molecular formula is C22H24N6O6S. The summed E-state index contributed by atoms with van der Waals surface area (Å²) in [5.41, 5.74) is 1.11. The van der Waals surface area contributed by atoms with Crippen molar-refractivity contribution < 1.29 is 24.4 Å². The fourth-order valence-corrected chi connectivity index (χ4v) is 3.86. The highest BCUT2D eigenvalue weighted by Gasteiger charge is 2.22. The molecule has 0 saturated carbocycles. The highest BCUT2D eigenvalue weighted by atomic mass is 32.2. The first-order chi connectivity index (χ1) is 16.7. The minimum atomic E-state index is -0.821. The van der Waals surface area contributed by atoms with Crippen LogP contribution in [-0.2, 0) is 11.8 Å². The number of amides is 2. The third kappa shape index (κ3) is 6.33. The Balaban J connectivity index is 1.62. The van der Waals surface area contributed by atoms with Crippen LogP contribution in [0, 0.1) is 17.0 Å². The lowest BCUT2D eigenvalue weighted by Gasteiger charge is -2.16. The lowest BCUT2D eigenvalue weighted by Crippen LogP contribution is -2.32. The van der Waals surface area contributed by atoms with E-state index in [1.54, 1.807) is 54.9 Å². The number of nitro benzene ring substituents is 1. The summed E-state index contributed by atoms with van der Waals surface area (Å²) in [6.45, 7) is 1.20. The van der Waals surface area contributed by atoms with Crippen molar-refractivity contribution in [2.24, 2.45) is 7.05 Å². The first-order valence-corrected chi connectivity index (χ1v) is 11.3. The predicted octanol–water partition coefficient (Wildman–Crippen LogP) is 2.23. The SMILES string of the molecule is COc1ccc(C(=O)N[C@@H](CO)c2nnc(SCC(=O)Nc3ccc(C)c([N+](=O)[O-])c3)n2C)cc1. The maximum atomic E-state index is 12.6. The van der Waals surface area contributed by atoms with Crippen molar-refractivity contribution >= 4 is 35.0 Å². The van der Waals surface area contributed by atoms with Crippen LogP contribution in [0.4, 0.5) is 11.4 Å². The molecule has 13 heteroatoms. The Labute approximate surface area is 204 Å². The molecule has 3 aromatic rings. The highest BCUT2D eigenvalue weighted by Crippen LogP contribution is 2.24. The molecule has 0 unspecified atom stereocenters. The number of aliphatic hydroxyl groups excluding tert-OH is 1. The topological polar surface area (TPSA) is 162 Å². The van der Waals surface area contributed by atoms with Gasteiger partial charge in [-0.15, -0.1) is 10.2 Å². The number of nitro groups is 1. The molecule has 0 fully saturated rings. The standard InChI is InChI=1S/C22H24N6O6S/c1-13-4-7-15(10-18(13)28(32)33)23-19(30)12-35-22-26-25-20(27(22)2)17(11-29)24-21(31)14-5-8-16(34-3)9-6-14/h4-10,17,29H,11-12H2,1-3H3,(H,23,30)(H,24,31)/t17-/m0/s1. The van der Waals surface area contributed by atoms with E-state index in [0.717, 1.165) is 11.8 Å². The summed E-state index contributed by atoms with van der Waals surface area (Å²) in [6.07, 6.45) is 0. The van der Waals surface area contributed by atoms with Crippen LogP contribution in [0.2, 0.25) is 0 Å². The Bertz CT molecular complexity index is 1230. The van der Waals surface area contributed by atoms with E-state index in [9.17, 15) is 24.8 Å². The van der Waals surface area contributed by atoms with Crippen LogP contribution in [-0.4, -0.2) is 56.1 Å². The number of methoxy groups -OCH3 is 1. The Kier molecular flexibility index (Phi) is 8.39. The number of rotatable bonds is 10. The highest BCUT2D eigenvalue weighted by molar-refractivity contribution is 7.99. The number of aliphatic hydroxyl groups is 1. The second kappa shape index (κ2) is 11.4. The van der Waals surface area contributed by atoms with E-state index in [1.165, 1.54) is 13.2 Å². The smallest absolute Gasteiger partial charge is 0.274 e. The van der Waals surface area contributed by atoms with E-state index in [-0.39, 0.29) is 17.3 Å². The molecule has 0 bridgehead atoms. The third-order valence-electron chi connectivity index (χ3n) is 5.04. The van der Waals surface area contributed by atoms with Crippen molar-refractivity contribution in [2.45, 2.75) is 18.1 Å². The lowest BCUT2D eigenvalue weighted by molar-refractivity contribution is -0.385. The van der Waals surface area contributed by atoms with Gasteiger partial charge in [0.25, 0.3) is 11.6 Å². The monoisotopic (exact) mass is 500 g/mol. The molecule has 0 spiro atoms. The molecule has 0 saturated heterocycles. The molecule has 0 aliphatic heterocycles. The van der Waals surface area contributed by atoms with Crippen LogP contribution in [0.1, 0.15) is 27.8 Å². The maximum absolute atomic E-state index is 12.6. The van der Waals surface area contributed by atoms with Crippen LogP contribution < -0.4 is 15.4 Å². The van der Waals surface area contributed by atoms with Gasteiger partial charge in [-0.3, -0.25) is 19.7 Å². The molecule has 1 aromatic heterocycles. The van der Waals surface area contributed by atoms with Gasteiger partial charge in [0.1, 0.15) is 11.8 Å². The van der Waals surface area contributed by atoms with Crippen LogP contribution in [0.25, 0.3) is 0 Å². The molecule has 35 heavy (non-hydrogen) atoms. The van der Waals surface area contributed by atoms with E-state index in [4.69, 9.17) is 4.74 Å². The number of carbonyl (C=O) groups is 2. The van der Waals surface area contributed by atoms with E-state index in [2.05, 4.69) is 20.8 Å². The second-order valence-corrected chi connectivity index (χ2v) is 8.37. The van der Waals surface area contributed by atoms with Crippen molar-refractivity contribution in [3.05, 3.63) is 69.5 Å². The lowest BCUT2D eigenvalue weighted by atomic mass is 10.2. The van der Waals surface area contributed by atoms with Crippen LogP contribution >= 0.6 is 11.8 Å². The normalized spacial score (nSPS) is 11.5. The van der Waals surface area contributed by atoms with Crippen molar-refractivity contribution in [1.29, 1.82) is 0 Å². The van der Waals surface area contributed by atoms with Gasteiger partial charge in [0.05, 0.1) is 24.4 Å². The molecule has 12 nitrogen and oxygen atoms in total. The Hall–Kier alpha value is -3.97. The molecule has 0 aliphatic carbocycles. The summed E-state index contributed by atoms with van der Waals surface area (Å²) >= 11 is 1.09. The van der Waals surface area contributed by atoms with E-state index < -0.39 is 23.5 Å². The van der Waals surface area contributed by atoms with Crippen LogP contribution in [0.3, 0.4) is 0 Å². The molecule has 184 valence electrons. The fraction of sp³-hybridized carbons (Fsp3) is 0.273. The number of hydrogen-bond acceptors (Lipinski definition) is 9. The average Bonchev–Trinajstić information content (AvgIpc) is 3.22. The van der Waals surface area contributed by atoms with E-state index in [0.29, 0.717) is 33.5 Å². The first kappa shape index (κ1) is 25.6. The molecule has 2 amide bonds. The zero-order chi connectivity index (χ0) is 25.5. The number of aromatic nitrogens is 3. The molecular weight excluding hydrogens is 476 g/mol. The largest absolute Gasteiger partial charge is 0.497 e. The van der Waals surface area contributed by atoms with Gasteiger partial charge in [0.15, 0.2) is 11.0 Å². The predicted molar refractivity (Wildman–Crippen MR) is 128 cm³/mol. The zero-order valence-electron chi connectivity index (χ0n) is 19.2. The Morgan fingerprint density at radius 3 is 2.57 bits per heavy atom. The van der Waals surface area contributed by atoms with Gasteiger partial charge >= 0.3 is 0 Å². The van der Waals surface area contributed by atoms with Crippen molar-refractivity contribution in [2.75, 3.05) is 24.8 Å². The molecule has 2 aromatic carbocycles. The van der Waals surface area contributed by atoms with E-state index >= 15 is 0 Å². The first-order valence-electron chi connectivity index (χ1n) is 10.4. The van der Waals surface area contributed by atoms with Gasteiger partial charge < -0.3 is 25.0 Å². The number of nitrogens with zero attached hydrogens (tertiary/aromatic N) is 4. The summed E-state index contributed by atoms with van der Waals surface area (Å²) in [5, 5.41) is 34.7. The second-order valence-electron chi connectivity index (χ2n) is 7.43. The minimum Gasteiger partial charge on any atom is -0.497 e. The van der Waals surface area contributed by atoms with Gasteiger partial charge in [-0.2, -0.15) is 0 Å². The zero-order valence-corrected chi connectivity index (χ0v) is 20.0. The molecule has 0 radical (unpaired) electrons. The van der Waals surface area contributed by atoms with Gasteiger partial charge in [0.2, 0.25) is 5.91 Å². The summed E-state index contributed by atoms with van der Waals surface area (Å²) in [4.78, 5) is 35.5. The summed E-state index contributed by atoms with van der Waals surface area (Å²) in [7, 11) is 3.18. The summed E-state index contributed by atoms with van der Waals surface area (Å²) < 4.78 is 6.65. The Morgan fingerprint density at radius 2 is 1.94 bits per heavy atom. The molecule has 1 heterocycles. The quantitative estimate of drug-likeness (QED) is 0.215. The van der Waals surface area contributed by atoms with Crippen molar-refractivity contribution in [3.8, 4) is 5.75 Å². The third-order valence-corrected chi connectivity index (χ3v) is 6.06. The number of ether oxygens (including phenoxy) is 1. The van der Waals surface area contributed by atoms with Crippen molar-refractivity contribution in [3.63, 3.8) is 0 Å². The molecule has 3 N–H and O–H groups in total. The summed E-state index contributed by atoms with van der Waals surface area (Å²) in [6, 6.07) is 10.1. The number of carbonyl (C=O) groups excluding carboxylic acids is 2. The molecule has 3 rings (SSSR count). The maximum Gasteiger partial charge on any atom is 0.274 e. The molecule has 0 aliphatic rings. The van der Waals surface area contributed by atoms with Crippen LogP contribution in [0.15, 0.2) is 47.6 Å². The number of nitrogens with one attached hydrogen (secondary N) is 2. The van der Waals surface area contributed by atoms with Gasteiger partial charge in [-0.25, -0.2) is 0 Å². The number of thioether (sulfide) groups is 1. The summed E-state index contributed by atoms with van der Waals surface area (Å²) in [5.74, 6) is 0.0984. The number of aryl methyl sites for hydroxylation is 1.